The van der Waals surface area contributed by atoms with E-state index >= 15 is 0 Å². The second-order valence-corrected chi connectivity index (χ2v) is 7.46. The van der Waals surface area contributed by atoms with Crippen LogP contribution < -0.4 is 15.8 Å². The van der Waals surface area contributed by atoms with Gasteiger partial charge in [0.05, 0.1) is 18.5 Å². The summed E-state index contributed by atoms with van der Waals surface area (Å²) in [5, 5.41) is 8.17. The molecule has 6 nitrogen and oxygen atoms in total. The predicted octanol–water partition coefficient (Wildman–Crippen LogP) is 1.04. The third kappa shape index (κ3) is 3.82. The zero-order valence-corrected chi connectivity index (χ0v) is 16.1. The number of quaternary nitrogens is 1. The predicted molar refractivity (Wildman–Crippen MR) is 108 cm³/mol. The summed E-state index contributed by atoms with van der Waals surface area (Å²) in [4.78, 5) is 26.6. The molecule has 0 unspecified atom stereocenters. The molecule has 144 valence electrons. The van der Waals surface area contributed by atoms with Gasteiger partial charge in [0.25, 0.3) is 11.5 Å². The molecule has 1 amide bonds. The summed E-state index contributed by atoms with van der Waals surface area (Å²) in [6.07, 6.45) is 2.65. The fraction of sp³-hybridized carbons (Fsp3) is 0.318. The van der Waals surface area contributed by atoms with Gasteiger partial charge in [0, 0.05) is 37.4 Å². The molecule has 1 aliphatic heterocycles. The fourth-order valence-electron chi connectivity index (χ4n) is 3.85. The second kappa shape index (κ2) is 7.94. The van der Waals surface area contributed by atoms with Gasteiger partial charge < -0.3 is 10.2 Å². The highest BCUT2D eigenvalue weighted by Gasteiger charge is 2.16. The molecule has 2 aromatic carbocycles. The molecular formula is C22H25N4O2+. The van der Waals surface area contributed by atoms with Crippen molar-refractivity contribution in [3.05, 3.63) is 75.7 Å². The molecule has 0 radical (unpaired) electrons. The van der Waals surface area contributed by atoms with E-state index in [1.54, 1.807) is 36.2 Å². The Morgan fingerprint density at radius 2 is 1.68 bits per heavy atom. The Bertz CT molecular complexity index is 1050. The zero-order valence-electron chi connectivity index (χ0n) is 16.1. The van der Waals surface area contributed by atoms with Crippen molar-refractivity contribution in [2.45, 2.75) is 25.9 Å². The van der Waals surface area contributed by atoms with Crippen LogP contribution in [0.3, 0.4) is 0 Å². The van der Waals surface area contributed by atoms with Crippen LogP contribution in [-0.2, 0) is 20.1 Å². The van der Waals surface area contributed by atoms with E-state index in [2.05, 4.69) is 34.7 Å². The summed E-state index contributed by atoms with van der Waals surface area (Å²) in [6.45, 7) is 4.02. The molecule has 6 heteroatoms. The summed E-state index contributed by atoms with van der Waals surface area (Å²) in [5.41, 5.74) is 2.44. The van der Waals surface area contributed by atoms with E-state index in [1.807, 2.05) is 0 Å². The maximum atomic E-state index is 12.7. The normalized spacial score (nSPS) is 14.5. The molecule has 0 atom stereocenters. The van der Waals surface area contributed by atoms with E-state index in [4.69, 9.17) is 0 Å². The number of aromatic nitrogens is 2. The Morgan fingerprint density at radius 3 is 2.39 bits per heavy atom. The van der Waals surface area contributed by atoms with E-state index in [0.717, 1.165) is 12.1 Å². The maximum absolute atomic E-state index is 12.7. The minimum atomic E-state index is -0.280. The van der Waals surface area contributed by atoms with Gasteiger partial charge in [-0.25, -0.2) is 4.68 Å². The zero-order chi connectivity index (χ0) is 19.5. The van der Waals surface area contributed by atoms with E-state index in [9.17, 15) is 9.59 Å². The van der Waals surface area contributed by atoms with Gasteiger partial charge in [0.2, 0.25) is 0 Å². The first-order chi connectivity index (χ1) is 13.6. The molecule has 0 saturated carbocycles. The first-order valence-corrected chi connectivity index (χ1v) is 9.77. The van der Waals surface area contributed by atoms with E-state index in [0.29, 0.717) is 17.3 Å². The maximum Gasteiger partial charge on any atom is 0.274 e. The van der Waals surface area contributed by atoms with Gasteiger partial charge >= 0.3 is 0 Å². The van der Waals surface area contributed by atoms with E-state index in [-0.39, 0.29) is 17.2 Å². The van der Waals surface area contributed by atoms with Crippen molar-refractivity contribution in [3.8, 4) is 0 Å². The van der Waals surface area contributed by atoms with Crippen molar-refractivity contribution >= 4 is 16.7 Å². The largest absolute Gasteiger partial charge is 0.347 e. The number of aryl methyl sites for hydroxylation is 1. The lowest BCUT2D eigenvalue weighted by molar-refractivity contribution is -0.901. The van der Waals surface area contributed by atoms with Crippen molar-refractivity contribution in [1.29, 1.82) is 0 Å². The summed E-state index contributed by atoms with van der Waals surface area (Å²) < 4.78 is 1.22. The number of nitrogens with one attached hydrogen (secondary N) is 2. The molecule has 0 spiro atoms. The van der Waals surface area contributed by atoms with Crippen LogP contribution in [0, 0.1) is 0 Å². The molecule has 2 heterocycles. The number of carbonyl (C=O) groups is 1. The number of nitrogens with zero attached hydrogens (tertiary/aromatic N) is 2. The lowest BCUT2D eigenvalue weighted by Crippen LogP contribution is -3.08. The van der Waals surface area contributed by atoms with Gasteiger partial charge in [-0.05, 0) is 11.6 Å². The Labute approximate surface area is 163 Å². The van der Waals surface area contributed by atoms with Crippen molar-refractivity contribution in [2.24, 2.45) is 7.05 Å². The van der Waals surface area contributed by atoms with Gasteiger partial charge in [-0.3, -0.25) is 9.59 Å². The number of hydrogen-bond acceptors (Lipinski definition) is 3. The van der Waals surface area contributed by atoms with Crippen molar-refractivity contribution < 1.29 is 9.69 Å². The van der Waals surface area contributed by atoms with Crippen molar-refractivity contribution in [2.75, 3.05) is 13.1 Å². The average Bonchev–Trinajstić information content (AvgIpc) is 3.23. The highest BCUT2D eigenvalue weighted by molar-refractivity contribution is 6.04. The molecule has 1 aliphatic rings. The van der Waals surface area contributed by atoms with Crippen LogP contribution in [0.25, 0.3) is 10.8 Å². The Balaban J connectivity index is 1.45. The number of fused-ring (bicyclic) bond motifs is 1. The third-order valence-corrected chi connectivity index (χ3v) is 5.41. The molecule has 3 aromatic rings. The van der Waals surface area contributed by atoms with Gasteiger partial charge in [-0.1, -0.05) is 42.5 Å². The van der Waals surface area contributed by atoms with Crippen LogP contribution in [0.4, 0.5) is 0 Å². The Hall–Kier alpha value is -2.99. The van der Waals surface area contributed by atoms with Crippen molar-refractivity contribution in [3.63, 3.8) is 0 Å². The Kier molecular flexibility index (Phi) is 5.21. The molecule has 2 N–H and O–H groups in total. The summed E-state index contributed by atoms with van der Waals surface area (Å²) in [7, 11) is 1.56. The number of amides is 1. The summed E-state index contributed by atoms with van der Waals surface area (Å²) in [6, 6.07) is 15.5. The molecular weight excluding hydrogens is 352 g/mol. The van der Waals surface area contributed by atoms with Gasteiger partial charge in [-0.15, -0.1) is 0 Å². The monoisotopic (exact) mass is 377 g/mol. The number of hydrogen-bond donors (Lipinski definition) is 2. The number of rotatable bonds is 5. The van der Waals surface area contributed by atoms with Gasteiger partial charge in [-0.2, -0.15) is 5.10 Å². The molecule has 0 bridgehead atoms. The first kappa shape index (κ1) is 18.4. The van der Waals surface area contributed by atoms with Crippen LogP contribution in [0.5, 0.6) is 0 Å². The van der Waals surface area contributed by atoms with E-state index in [1.165, 1.54) is 36.2 Å². The second-order valence-electron chi connectivity index (χ2n) is 7.46. The SMILES string of the molecule is Cn1nc(C(=O)NCc2ccc(C[NH+]3CCCC3)cc2)c2ccccc2c1=O. The van der Waals surface area contributed by atoms with Gasteiger partial charge in [0.1, 0.15) is 6.54 Å². The van der Waals surface area contributed by atoms with Crippen LogP contribution in [0.2, 0.25) is 0 Å². The highest BCUT2D eigenvalue weighted by Crippen LogP contribution is 2.13. The van der Waals surface area contributed by atoms with Crippen LogP contribution in [0.15, 0.2) is 53.3 Å². The average molecular weight is 377 g/mol. The number of carbonyl (C=O) groups excluding carboxylic acids is 1. The van der Waals surface area contributed by atoms with Crippen LogP contribution in [-0.4, -0.2) is 28.8 Å². The number of benzene rings is 2. The minimum absolute atomic E-state index is 0.206. The molecule has 1 aromatic heterocycles. The molecule has 4 rings (SSSR count). The Morgan fingerprint density at radius 1 is 1.04 bits per heavy atom. The topological polar surface area (TPSA) is 68.4 Å². The lowest BCUT2D eigenvalue weighted by atomic mass is 10.1. The first-order valence-electron chi connectivity index (χ1n) is 9.77. The third-order valence-electron chi connectivity index (χ3n) is 5.41. The quantitative estimate of drug-likeness (QED) is 0.698. The lowest BCUT2D eigenvalue weighted by Gasteiger charge is -2.12. The van der Waals surface area contributed by atoms with Crippen molar-refractivity contribution in [1.82, 2.24) is 15.1 Å². The van der Waals surface area contributed by atoms with Gasteiger partial charge in [0.15, 0.2) is 5.69 Å². The highest BCUT2D eigenvalue weighted by atomic mass is 16.2. The van der Waals surface area contributed by atoms with Crippen LogP contribution >= 0.6 is 0 Å². The molecule has 1 fully saturated rings. The molecule has 0 aliphatic carbocycles. The van der Waals surface area contributed by atoms with Crippen LogP contribution in [0.1, 0.15) is 34.5 Å². The minimum Gasteiger partial charge on any atom is -0.347 e. The standard InChI is InChI=1S/C22H24N4O2/c1-25-22(28)19-7-3-2-6-18(19)20(24-25)21(27)23-14-16-8-10-17(11-9-16)15-26-12-4-5-13-26/h2-3,6-11H,4-5,12-15H2,1H3,(H,23,27)/p+1. The summed E-state index contributed by atoms with van der Waals surface area (Å²) >= 11 is 0. The fourth-order valence-corrected chi connectivity index (χ4v) is 3.85. The molecule has 28 heavy (non-hydrogen) atoms. The summed E-state index contributed by atoms with van der Waals surface area (Å²) in [5.74, 6) is -0.280. The molecule has 1 saturated heterocycles. The smallest absolute Gasteiger partial charge is 0.274 e. The number of likely N-dealkylation sites (tertiary alicyclic amines) is 1. The van der Waals surface area contributed by atoms with E-state index < -0.39 is 0 Å².